The van der Waals surface area contributed by atoms with Crippen LogP contribution in [0.4, 0.5) is 5.69 Å². The third-order valence-electron chi connectivity index (χ3n) is 2.79. The van der Waals surface area contributed by atoms with Gasteiger partial charge in [-0.1, -0.05) is 40.7 Å². The molecule has 1 unspecified atom stereocenters. The molecule has 2 N–H and O–H groups in total. The summed E-state index contributed by atoms with van der Waals surface area (Å²) in [6.45, 7) is 5.57. The number of amides is 2. The lowest BCUT2D eigenvalue weighted by molar-refractivity contribution is -0.120. The van der Waals surface area contributed by atoms with E-state index < -0.39 is 11.9 Å². The molecule has 0 fully saturated rings. The number of carbonyl (C=O) groups is 2. The summed E-state index contributed by atoms with van der Waals surface area (Å²) in [7, 11) is 0. The van der Waals surface area contributed by atoms with Gasteiger partial charge in [0.25, 0.3) is 11.8 Å². The largest absolute Gasteiger partial charge is 0.345 e. The molecule has 2 amide bonds. The molecular formula is C14H15BrN4O2. The number of aliphatic imine (C=N–C) groups is 1. The summed E-state index contributed by atoms with van der Waals surface area (Å²) in [6.07, 6.45) is 0. The predicted octanol–water partition coefficient (Wildman–Crippen LogP) is 1.35. The monoisotopic (exact) mass is 350 g/mol. The molecular weight excluding hydrogens is 336 g/mol. The maximum Gasteiger partial charge on any atom is 0.288 e. The molecule has 0 saturated heterocycles. The summed E-state index contributed by atoms with van der Waals surface area (Å²) in [5.41, 5.74) is 3.40. The van der Waals surface area contributed by atoms with E-state index in [-0.39, 0.29) is 18.3 Å². The molecule has 0 saturated carbocycles. The number of anilines is 1. The maximum atomic E-state index is 12.2. The maximum absolute atomic E-state index is 12.2. The van der Waals surface area contributed by atoms with Gasteiger partial charge in [-0.2, -0.15) is 0 Å². The van der Waals surface area contributed by atoms with Gasteiger partial charge < -0.3 is 5.32 Å². The van der Waals surface area contributed by atoms with Crippen LogP contribution in [0.1, 0.15) is 6.92 Å². The van der Waals surface area contributed by atoms with Crippen LogP contribution >= 0.6 is 15.9 Å². The number of halogens is 1. The highest BCUT2D eigenvalue weighted by Gasteiger charge is 2.30. The van der Waals surface area contributed by atoms with Crippen molar-refractivity contribution in [2.75, 3.05) is 11.6 Å². The summed E-state index contributed by atoms with van der Waals surface area (Å²) >= 11 is 3.16. The van der Waals surface area contributed by atoms with Crippen molar-refractivity contribution >= 4 is 39.3 Å². The Labute approximate surface area is 131 Å². The zero-order chi connectivity index (χ0) is 15.4. The van der Waals surface area contributed by atoms with E-state index in [0.29, 0.717) is 10.2 Å². The Morgan fingerprint density at radius 1 is 1.48 bits per heavy atom. The third kappa shape index (κ3) is 3.69. The van der Waals surface area contributed by atoms with E-state index in [1.165, 1.54) is 5.01 Å². The second kappa shape index (κ2) is 6.53. The van der Waals surface area contributed by atoms with Crippen LogP contribution in [0.15, 0.2) is 46.4 Å². The van der Waals surface area contributed by atoms with Crippen LogP contribution in [-0.4, -0.2) is 30.2 Å². The number of hydrazine groups is 1. The lowest BCUT2D eigenvalue weighted by Gasteiger charge is -2.30. The lowest BCUT2D eigenvalue weighted by Crippen LogP contribution is -2.58. The SMILES string of the molecule is C=C(Br)CNC(=O)C1=NC(C)C(=O)N(c2ccccc2)N1. The Kier molecular flexibility index (Phi) is 4.74. The first-order chi connectivity index (χ1) is 9.99. The van der Waals surface area contributed by atoms with Crippen molar-refractivity contribution in [1.82, 2.24) is 10.7 Å². The van der Waals surface area contributed by atoms with Gasteiger partial charge in [0, 0.05) is 11.0 Å². The molecule has 0 bridgehead atoms. The van der Waals surface area contributed by atoms with E-state index >= 15 is 0 Å². The molecule has 1 aromatic rings. The van der Waals surface area contributed by atoms with Gasteiger partial charge in [-0.05, 0) is 19.1 Å². The standard InChI is InChI=1S/C14H15BrN4O2/c1-9(15)8-16-13(20)12-17-10(2)14(21)19(18-12)11-6-4-3-5-7-11/h3-7,10H,1,8H2,2H3,(H,16,20)(H,17,18). The minimum Gasteiger partial charge on any atom is -0.345 e. The van der Waals surface area contributed by atoms with E-state index in [1.807, 2.05) is 18.2 Å². The fourth-order valence-electron chi connectivity index (χ4n) is 1.76. The highest BCUT2D eigenvalue weighted by molar-refractivity contribution is 9.11. The van der Waals surface area contributed by atoms with E-state index in [1.54, 1.807) is 19.1 Å². The number of nitrogens with one attached hydrogen (secondary N) is 2. The van der Waals surface area contributed by atoms with E-state index in [2.05, 4.69) is 38.2 Å². The van der Waals surface area contributed by atoms with Crippen LogP contribution in [0.3, 0.4) is 0 Å². The number of hydrogen-bond donors (Lipinski definition) is 2. The molecule has 0 radical (unpaired) electrons. The molecule has 6 nitrogen and oxygen atoms in total. The number of hydrogen-bond acceptors (Lipinski definition) is 4. The number of rotatable bonds is 4. The van der Waals surface area contributed by atoms with Crippen molar-refractivity contribution in [2.24, 2.45) is 4.99 Å². The molecule has 21 heavy (non-hydrogen) atoms. The number of para-hydroxylation sites is 1. The first-order valence-corrected chi connectivity index (χ1v) is 7.13. The normalized spacial score (nSPS) is 17.8. The van der Waals surface area contributed by atoms with Crippen molar-refractivity contribution < 1.29 is 9.59 Å². The minimum atomic E-state index is -0.626. The summed E-state index contributed by atoms with van der Waals surface area (Å²) in [4.78, 5) is 28.3. The van der Waals surface area contributed by atoms with Crippen LogP contribution in [0.5, 0.6) is 0 Å². The molecule has 7 heteroatoms. The molecule has 1 atom stereocenters. The predicted molar refractivity (Wildman–Crippen MR) is 85.0 cm³/mol. The van der Waals surface area contributed by atoms with Gasteiger partial charge >= 0.3 is 0 Å². The topological polar surface area (TPSA) is 73.8 Å². The van der Waals surface area contributed by atoms with Gasteiger partial charge in [0.1, 0.15) is 6.04 Å². The van der Waals surface area contributed by atoms with Gasteiger partial charge in [0.05, 0.1) is 5.69 Å². The van der Waals surface area contributed by atoms with Crippen LogP contribution in [0, 0.1) is 0 Å². The molecule has 0 aromatic heterocycles. The fraction of sp³-hybridized carbons (Fsp3) is 0.214. The Morgan fingerprint density at radius 2 is 2.14 bits per heavy atom. The molecule has 1 heterocycles. The van der Waals surface area contributed by atoms with Gasteiger partial charge in [-0.3, -0.25) is 15.0 Å². The molecule has 2 rings (SSSR count). The van der Waals surface area contributed by atoms with Crippen molar-refractivity contribution in [1.29, 1.82) is 0 Å². The van der Waals surface area contributed by atoms with Crippen molar-refractivity contribution in [2.45, 2.75) is 13.0 Å². The van der Waals surface area contributed by atoms with Crippen LogP contribution < -0.4 is 15.8 Å². The molecule has 1 aromatic carbocycles. The van der Waals surface area contributed by atoms with Crippen molar-refractivity contribution in [3.63, 3.8) is 0 Å². The number of carbonyl (C=O) groups excluding carboxylic acids is 2. The Morgan fingerprint density at radius 3 is 2.76 bits per heavy atom. The van der Waals surface area contributed by atoms with E-state index in [0.717, 1.165) is 0 Å². The summed E-state index contributed by atoms with van der Waals surface area (Å²) in [6, 6.07) is 8.41. The zero-order valence-corrected chi connectivity index (χ0v) is 13.1. The summed E-state index contributed by atoms with van der Waals surface area (Å²) in [5.74, 6) is -0.516. The van der Waals surface area contributed by atoms with Gasteiger partial charge in [-0.25, -0.2) is 10.0 Å². The van der Waals surface area contributed by atoms with Crippen molar-refractivity contribution in [3.05, 3.63) is 41.4 Å². The Hall–Kier alpha value is -2.15. The third-order valence-corrected chi connectivity index (χ3v) is 3.07. The van der Waals surface area contributed by atoms with Gasteiger partial charge in [0.15, 0.2) is 0 Å². The van der Waals surface area contributed by atoms with E-state index in [4.69, 9.17) is 0 Å². The summed E-state index contributed by atoms with van der Waals surface area (Å²) < 4.78 is 0.649. The fourth-order valence-corrected chi connectivity index (χ4v) is 1.90. The quantitative estimate of drug-likeness (QED) is 0.860. The van der Waals surface area contributed by atoms with Crippen molar-refractivity contribution in [3.8, 4) is 0 Å². The molecule has 1 aliphatic rings. The minimum absolute atomic E-state index is 0.0969. The second-order valence-corrected chi connectivity index (χ2v) is 5.60. The lowest BCUT2D eigenvalue weighted by atomic mass is 10.2. The number of amidine groups is 1. The molecule has 1 aliphatic heterocycles. The highest BCUT2D eigenvalue weighted by atomic mass is 79.9. The smallest absolute Gasteiger partial charge is 0.288 e. The van der Waals surface area contributed by atoms with Crippen LogP contribution in [0.2, 0.25) is 0 Å². The first-order valence-electron chi connectivity index (χ1n) is 6.34. The first kappa shape index (κ1) is 15.2. The molecule has 0 spiro atoms. The van der Waals surface area contributed by atoms with Gasteiger partial charge in [-0.15, -0.1) is 0 Å². The average Bonchev–Trinajstić information content (AvgIpc) is 2.48. The highest BCUT2D eigenvalue weighted by Crippen LogP contribution is 2.15. The second-order valence-electron chi connectivity index (χ2n) is 4.47. The Bertz CT molecular complexity index is 600. The number of benzene rings is 1. The number of nitrogens with zero attached hydrogens (tertiary/aromatic N) is 2. The van der Waals surface area contributed by atoms with E-state index in [9.17, 15) is 9.59 Å². The van der Waals surface area contributed by atoms with Crippen LogP contribution in [0.25, 0.3) is 0 Å². The zero-order valence-electron chi connectivity index (χ0n) is 11.5. The molecule has 0 aliphatic carbocycles. The van der Waals surface area contributed by atoms with Gasteiger partial charge in [0.2, 0.25) is 5.84 Å². The Balaban J connectivity index is 2.18. The summed E-state index contributed by atoms with van der Waals surface area (Å²) in [5, 5.41) is 3.97. The average molecular weight is 351 g/mol. The van der Waals surface area contributed by atoms with Crippen LogP contribution in [-0.2, 0) is 9.59 Å². The molecule has 110 valence electrons.